The molecule has 4 heterocycles. The van der Waals surface area contributed by atoms with Crippen molar-refractivity contribution in [2.45, 2.75) is 6.42 Å². The quantitative estimate of drug-likeness (QED) is 0.572. The van der Waals surface area contributed by atoms with Crippen LogP contribution in [-0.4, -0.2) is 45.9 Å². The van der Waals surface area contributed by atoms with Crippen molar-refractivity contribution in [3.05, 3.63) is 59.0 Å². The van der Waals surface area contributed by atoms with E-state index < -0.39 is 0 Å². The van der Waals surface area contributed by atoms with Crippen LogP contribution in [0.25, 0.3) is 27.6 Å². The summed E-state index contributed by atoms with van der Waals surface area (Å²) in [4.78, 5) is 24.5. The van der Waals surface area contributed by atoms with Gasteiger partial charge in [0, 0.05) is 25.8 Å². The Balaban J connectivity index is 1.69. The molecule has 27 heavy (non-hydrogen) atoms. The molecule has 1 aliphatic heterocycles. The van der Waals surface area contributed by atoms with Gasteiger partial charge in [-0.15, -0.1) is 0 Å². The fourth-order valence-corrected chi connectivity index (χ4v) is 3.62. The monoisotopic (exact) mass is 360 g/mol. The van der Waals surface area contributed by atoms with Crippen LogP contribution in [0.15, 0.2) is 53.5 Å². The average molecular weight is 360 g/mol. The Hall–Kier alpha value is -3.19. The highest BCUT2D eigenvalue weighted by atomic mass is 16.1. The van der Waals surface area contributed by atoms with Crippen molar-refractivity contribution < 1.29 is 0 Å². The van der Waals surface area contributed by atoms with Gasteiger partial charge in [0.25, 0.3) is 5.56 Å². The van der Waals surface area contributed by atoms with Gasteiger partial charge >= 0.3 is 0 Å². The molecule has 7 nitrogen and oxygen atoms in total. The number of hydrogen-bond donors (Lipinski definition) is 2. The number of pyridine rings is 2. The van der Waals surface area contributed by atoms with Crippen LogP contribution in [0.5, 0.6) is 0 Å². The highest BCUT2D eigenvalue weighted by Crippen LogP contribution is 2.23. The normalized spacial score (nSPS) is 15.3. The van der Waals surface area contributed by atoms with E-state index in [1.54, 1.807) is 10.9 Å². The maximum atomic E-state index is 12.8. The summed E-state index contributed by atoms with van der Waals surface area (Å²) in [5.41, 5.74) is 2.91. The second-order valence-corrected chi connectivity index (χ2v) is 6.76. The molecule has 0 atom stereocenters. The molecule has 5 rings (SSSR count). The number of fused-ring (bicyclic) bond motifs is 3. The van der Waals surface area contributed by atoms with E-state index in [2.05, 4.69) is 20.3 Å². The SMILES string of the molecule is O=c1c2cnc3ccc(N4CCCNCC4)nc3c2[nH]n1-c1ccccc1. The van der Waals surface area contributed by atoms with E-state index in [9.17, 15) is 4.79 Å². The third-order valence-corrected chi connectivity index (χ3v) is 5.03. The van der Waals surface area contributed by atoms with Gasteiger partial charge in [0.2, 0.25) is 0 Å². The molecule has 1 aromatic carbocycles. The summed E-state index contributed by atoms with van der Waals surface area (Å²) in [7, 11) is 0. The zero-order valence-electron chi connectivity index (χ0n) is 14.9. The molecule has 1 saturated heterocycles. The summed E-state index contributed by atoms with van der Waals surface area (Å²) in [5, 5.41) is 7.20. The minimum absolute atomic E-state index is 0.114. The molecule has 1 fully saturated rings. The first kappa shape index (κ1) is 16.0. The number of hydrogen-bond acceptors (Lipinski definition) is 5. The van der Waals surface area contributed by atoms with Crippen LogP contribution in [0.1, 0.15) is 6.42 Å². The maximum absolute atomic E-state index is 12.8. The highest BCUT2D eigenvalue weighted by molar-refractivity contribution is 6.00. The van der Waals surface area contributed by atoms with E-state index >= 15 is 0 Å². The van der Waals surface area contributed by atoms with Crippen LogP contribution in [0.2, 0.25) is 0 Å². The Kier molecular flexibility index (Phi) is 3.86. The van der Waals surface area contributed by atoms with Crippen molar-refractivity contribution in [3.63, 3.8) is 0 Å². The minimum atomic E-state index is -0.114. The van der Waals surface area contributed by atoms with Crippen molar-refractivity contribution in [1.82, 2.24) is 25.1 Å². The largest absolute Gasteiger partial charge is 0.355 e. The Morgan fingerprint density at radius 1 is 1.00 bits per heavy atom. The van der Waals surface area contributed by atoms with Crippen molar-refractivity contribution >= 4 is 27.8 Å². The lowest BCUT2D eigenvalue weighted by atomic mass is 10.2. The molecule has 0 saturated carbocycles. The summed E-state index contributed by atoms with van der Waals surface area (Å²) in [5.74, 6) is 0.925. The van der Waals surface area contributed by atoms with Crippen LogP contribution in [-0.2, 0) is 0 Å². The molecule has 136 valence electrons. The summed E-state index contributed by atoms with van der Waals surface area (Å²) >= 11 is 0. The van der Waals surface area contributed by atoms with Crippen molar-refractivity contribution in [1.29, 1.82) is 0 Å². The summed E-state index contributed by atoms with van der Waals surface area (Å²) < 4.78 is 1.55. The Bertz CT molecular complexity index is 1160. The average Bonchev–Trinajstić information content (AvgIpc) is 2.88. The number of nitrogens with one attached hydrogen (secondary N) is 2. The number of H-pyrrole nitrogens is 1. The van der Waals surface area contributed by atoms with Crippen molar-refractivity contribution in [2.24, 2.45) is 0 Å². The van der Waals surface area contributed by atoms with E-state index in [0.717, 1.165) is 60.7 Å². The van der Waals surface area contributed by atoms with Gasteiger partial charge in [0.15, 0.2) is 0 Å². The first-order valence-corrected chi connectivity index (χ1v) is 9.23. The summed E-state index contributed by atoms with van der Waals surface area (Å²) in [6.45, 7) is 3.87. The topological polar surface area (TPSA) is 78.8 Å². The fraction of sp³-hybridized carbons (Fsp3) is 0.250. The van der Waals surface area contributed by atoms with Crippen molar-refractivity contribution in [2.75, 3.05) is 31.1 Å². The van der Waals surface area contributed by atoms with Gasteiger partial charge < -0.3 is 10.2 Å². The third kappa shape index (κ3) is 2.76. The fourth-order valence-electron chi connectivity index (χ4n) is 3.62. The summed E-state index contributed by atoms with van der Waals surface area (Å²) in [6, 6.07) is 13.5. The van der Waals surface area contributed by atoms with Gasteiger partial charge in [0.05, 0.1) is 22.1 Å². The van der Waals surface area contributed by atoms with E-state index in [0.29, 0.717) is 5.39 Å². The minimum Gasteiger partial charge on any atom is -0.355 e. The number of aromatic nitrogens is 4. The van der Waals surface area contributed by atoms with Crippen LogP contribution >= 0.6 is 0 Å². The Labute approximate surface area is 155 Å². The second kappa shape index (κ2) is 6.51. The number of aromatic amines is 1. The highest BCUT2D eigenvalue weighted by Gasteiger charge is 2.16. The molecular weight excluding hydrogens is 340 g/mol. The smallest absolute Gasteiger partial charge is 0.280 e. The molecule has 0 unspecified atom stereocenters. The Morgan fingerprint density at radius 2 is 1.89 bits per heavy atom. The van der Waals surface area contributed by atoms with Crippen LogP contribution in [0, 0.1) is 0 Å². The third-order valence-electron chi connectivity index (χ3n) is 5.03. The molecule has 2 N–H and O–H groups in total. The molecule has 0 amide bonds. The lowest BCUT2D eigenvalue weighted by molar-refractivity contribution is 0.724. The van der Waals surface area contributed by atoms with E-state index in [-0.39, 0.29) is 5.56 Å². The van der Waals surface area contributed by atoms with Crippen LogP contribution < -0.4 is 15.8 Å². The molecule has 3 aromatic heterocycles. The van der Waals surface area contributed by atoms with E-state index in [4.69, 9.17) is 4.98 Å². The number of nitrogens with zero attached hydrogens (tertiary/aromatic N) is 4. The Morgan fingerprint density at radius 3 is 2.78 bits per heavy atom. The first-order chi connectivity index (χ1) is 13.3. The zero-order valence-corrected chi connectivity index (χ0v) is 14.9. The van der Waals surface area contributed by atoms with Gasteiger partial charge in [0.1, 0.15) is 11.3 Å². The number of rotatable bonds is 2. The molecule has 1 aliphatic rings. The molecule has 0 bridgehead atoms. The molecule has 0 spiro atoms. The lowest BCUT2D eigenvalue weighted by Crippen LogP contribution is -2.28. The van der Waals surface area contributed by atoms with Crippen LogP contribution in [0.3, 0.4) is 0 Å². The van der Waals surface area contributed by atoms with Gasteiger partial charge in [-0.25, -0.2) is 9.67 Å². The number of benzene rings is 1. The van der Waals surface area contributed by atoms with Gasteiger partial charge in [-0.2, -0.15) is 0 Å². The first-order valence-electron chi connectivity index (χ1n) is 9.23. The summed E-state index contributed by atoms with van der Waals surface area (Å²) in [6.07, 6.45) is 2.72. The molecule has 0 aliphatic carbocycles. The number of anilines is 1. The van der Waals surface area contributed by atoms with Gasteiger partial charge in [-0.3, -0.25) is 14.9 Å². The second-order valence-electron chi connectivity index (χ2n) is 6.76. The van der Waals surface area contributed by atoms with E-state index in [1.165, 1.54) is 0 Å². The predicted molar refractivity (Wildman–Crippen MR) is 107 cm³/mol. The molecular formula is C20H20N6O. The standard InChI is InChI=1S/C20H20N6O/c27-20-15-13-22-16-7-8-17(25-11-4-9-21-10-12-25)23-19(16)18(15)24-26(20)14-5-2-1-3-6-14/h1-3,5-8,13,21,24H,4,9-12H2. The molecule has 0 radical (unpaired) electrons. The zero-order chi connectivity index (χ0) is 18.2. The van der Waals surface area contributed by atoms with Crippen molar-refractivity contribution in [3.8, 4) is 5.69 Å². The predicted octanol–water partition coefficient (Wildman–Crippen LogP) is 2.06. The molecule has 4 aromatic rings. The maximum Gasteiger partial charge on any atom is 0.280 e. The van der Waals surface area contributed by atoms with Crippen LogP contribution in [0.4, 0.5) is 5.82 Å². The van der Waals surface area contributed by atoms with E-state index in [1.807, 2.05) is 42.5 Å². The lowest BCUT2D eigenvalue weighted by Gasteiger charge is -2.21. The number of para-hydroxylation sites is 1. The van der Waals surface area contributed by atoms with Gasteiger partial charge in [-0.05, 0) is 37.2 Å². The molecule has 7 heteroatoms. The van der Waals surface area contributed by atoms with Gasteiger partial charge in [-0.1, -0.05) is 18.2 Å².